The fourth-order valence-electron chi connectivity index (χ4n) is 4.49. The molecular weight excluding hydrogens is 420 g/mol. The number of carbonyl (C=O) groups is 2. The van der Waals surface area contributed by atoms with E-state index < -0.39 is 0 Å². The topological polar surface area (TPSA) is 72.2 Å². The lowest BCUT2D eigenvalue weighted by Crippen LogP contribution is -2.47. The monoisotopic (exact) mass is 456 g/mol. The van der Waals surface area contributed by atoms with Gasteiger partial charge in [-0.15, -0.1) is 0 Å². The highest BCUT2D eigenvalue weighted by atomic mass is 16.5. The Morgan fingerprint density at radius 3 is 2.36 bits per heavy atom. The molecule has 2 amide bonds. The molecule has 0 bridgehead atoms. The van der Waals surface area contributed by atoms with Crippen molar-refractivity contribution in [1.82, 2.24) is 9.80 Å². The average molecular weight is 457 g/mol. The summed E-state index contributed by atoms with van der Waals surface area (Å²) in [5.74, 6) is 2.78. The van der Waals surface area contributed by atoms with Crippen molar-refractivity contribution in [2.75, 3.05) is 27.3 Å². The van der Waals surface area contributed by atoms with E-state index in [1.165, 1.54) is 6.42 Å². The van der Waals surface area contributed by atoms with E-state index in [9.17, 15) is 9.59 Å². The molecule has 0 saturated heterocycles. The normalized spacial score (nSPS) is 14.1. The van der Waals surface area contributed by atoms with Crippen molar-refractivity contribution in [2.45, 2.75) is 65.0 Å². The highest BCUT2D eigenvalue weighted by Crippen LogP contribution is 2.28. The molecule has 0 atom stereocenters. The van der Waals surface area contributed by atoms with Crippen LogP contribution in [-0.2, 0) is 22.6 Å². The zero-order valence-corrected chi connectivity index (χ0v) is 20.3. The highest BCUT2D eigenvalue weighted by Gasteiger charge is 2.27. The van der Waals surface area contributed by atoms with E-state index in [0.29, 0.717) is 31.0 Å². The predicted molar refractivity (Wildman–Crippen MR) is 126 cm³/mol. The second kappa shape index (κ2) is 11.8. The Bertz CT molecular complexity index is 933. The Labute approximate surface area is 196 Å². The van der Waals surface area contributed by atoms with Gasteiger partial charge in [-0.1, -0.05) is 25.3 Å². The zero-order chi connectivity index (χ0) is 23.8. The molecule has 7 heteroatoms. The number of methoxy groups -OCH3 is 2. The van der Waals surface area contributed by atoms with Gasteiger partial charge in [0, 0.05) is 19.5 Å². The number of carbonyl (C=O) groups excluding carboxylic acids is 2. The summed E-state index contributed by atoms with van der Waals surface area (Å²) in [6.07, 6.45) is 6.00. The molecule has 0 aliphatic heterocycles. The number of amides is 2. The molecular formula is C26H36N2O5. The minimum atomic E-state index is -0.0645. The summed E-state index contributed by atoms with van der Waals surface area (Å²) in [5, 5.41) is 0. The Balaban J connectivity index is 1.73. The van der Waals surface area contributed by atoms with Crippen molar-refractivity contribution < 1.29 is 23.5 Å². The minimum Gasteiger partial charge on any atom is -0.493 e. The van der Waals surface area contributed by atoms with Gasteiger partial charge in [0.1, 0.15) is 18.1 Å². The fraction of sp³-hybridized carbons (Fsp3) is 0.538. The van der Waals surface area contributed by atoms with Gasteiger partial charge in [-0.05, 0) is 56.0 Å². The van der Waals surface area contributed by atoms with Gasteiger partial charge in [-0.3, -0.25) is 9.59 Å². The van der Waals surface area contributed by atoms with E-state index >= 15 is 0 Å². The molecule has 1 aliphatic rings. The van der Waals surface area contributed by atoms with E-state index in [1.807, 2.05) is 37.3 Å². The predicted octanol–water partition coefficient (Wildman–Crippen LogP) is 4.36. The molecule has 33 heavy (non-hydrogen) atoms. The Morgan fingerprint density at radius 1 is 1.03 bits per heavy atom. The number of rotatable bonds is 10. The smallest absolute Gasteiger partial charge is 0.242 e. The SMILES string of the molecule is COc1ccc(CCN(Cc2ccc(C)o2)C(=O)CN(C(C)=O)C2CCCCC2)cc1OC. The summed E-state index contributed by atoms with van der Waals surface area (Å²) >= 11 is 0. The van der Waals surface area contributed by atoms with Crippen molar-refractivity contribution in [2.24, 2.45) is 0 Å². The summed E-state index contributed by atoms with van der Waals surface area (Å²) < 4.78 is 16.5. The minimum absolute atomic E-state index is 0.0380. The summed E-state index contributed by atoms with van der Waals surface area (Å²) in [7, 11) is 3.22. The van der Waals surface area contributed by atoms with Crippen LogP contribution < -0.4 is 9.47 Å². The standard InChI is InChI=1S/C26H36N2O5/c1-19-10-12-23(33-19)17-27(15-14-21-11-13-24(31-3)25(16-21)32-4)26(30)18-28(20(2)29)22-8-6-5-7-9-22/h10-13,16,22H,5-9,14-15,17-18H2,1-4H3. The van der Waals surface area contributed by atoms with Crippen LogP contribution in [0.1, 0.15) is 56.1 Å². The number of hydrogen-bond donors (Lipinski definition) is 0. The maximum Gasteiger partial charge on any atom is 0.242 e. The first-order chi connectivity index (χ1) is 15.9. The first-order valence-electron chi connectivity index (χ1n) is 11.7. The van der Waals surface area contributed by atoms with E-state index in [1.54, 1.807) is 30.9 Å². The maximum absolute atomic E-state index is 13.4. The van der Waals surface area contributed by atoms with Crippen LogP contribution in [0.25, 0.3) is 0 Å². The molecule has 0 N–H and O–H groups in total. The van der Waals surface area contributed by atoms with Gasteiger partial charge < -0.3 is 23.7 Å². The number of hydrogen-bond acceptors (Lipinski definition) is 5. The van der Waals surface area contributed by atoms with Crippen LogP contribution in [0.15, 0.2) is 34.7 Å². The van der Waals surface area contributed by atoms with E-state index in [-0.39, 0.29) is 24.4 Å². The largest absolute Gasteiger partial charge is 0.493 e. The van der Waals surface area contributed by atoms with Crippen LogP contribution in [0.5, 0.6) is 11.5 Å². The molecule has 7 nitrogen and oxygen atoms in total. The number of benzene rings is 1. The first-order valence-corrected chi connectivity index (χ1v) is 11.7. The molecule has 1 aromatic carbocycles. The molecule has 1 aliphatic carbocycles. The molecule has 180 valence electrons. The second-order valence-electron chi connectivity index (χ2n) is 8.71. The Morgan fingerprint density at radius 2 is 1.76 bits per heavy atom. The van der Waals surface area contributed by atoms with Gasteiger partial charge in [0.05, 0.1) is 20.8 Å². The second-order valence-corrected chi connectivity index (χ2v) is 8.71. The Kier molecular flexibility index (Phi) is 8.80. The average Bonchev–Trinajstić information content (AvgIpc) is 3.24. The molecule has 2 aromatic rings. The fourth-order valence-corrected chi connectivity index (χ4v) is 4.49. The lowest BCUT2D eigenvalue weighted by atomic mass is 9.94. The lowest BCUT2D eigenvalue weighted by molar-refractivity contribution is -0.142. The van der Waals surface area contributed by atoms with E-state index in [4.69, 9.17) is 13.9 Å². The molecule has 1 heterocycles. The third-order valence-electron chi connectivity index (χ3n) is 6.34. The van der Waals surface area contributed by atoms with Gasteiger partial charge in [0.15, 0.2) is 11.5 Å². The molecule has 1 aromatic heterocycles. The van der Waals surface area contributed by atoms with Crippen molar-refractivity contribution >= 4 is 11.8 Å². The van der Waals surface area contributed by atoms with Crippen LogP contribution in [0.3, 0.4) is 0 Å². The lowest BCUT2D eigenvalue weighted by Gasteiger charge is -2.34. The maximum atomic E-state index is 13.4. The van der Waals surface area contributed by atoms with Crippen molar-refractivity contribution in [3.05, 3.63) is 47.4 Å². The molecule has 1 fully saturated rings. The van der Waals surface area contributed by atoms with Crippen LogP contribution in [0.4, 0.5) is 0 Å². The van der Waals surface area contributed by atoms with Gasteiger partial charge >= 0.3 is 0 Å². The molecule has 0 radical (unpaired) electrons. The quantitative estimate of drug-likeness (QED) is 0.531. The number of ether oxygens (including phenoxy) is 2. The first kappa shape index (κ1) is 24.7. The van der Waals surface area contributed by atoms with Crippen LogP contribution in [0, 0.1) is 6.92 Å². The zero-order valence-electron chi connectivity index (χ0n) is 20.3. The summed E-state index contributed by atoms with van der Waals surface area (Å²) in [6.45, 7) is 4.43. The summed E-state index contributed by atoms with van der Waals surface area (Å²) in [5.41, 5.74) is 1.04. The van der Waals surface area contributed by atoms with Gasteiger partial charge in [-0.2, -0.15) is 0 Å². The van der Waals surface area contributed by atoms with Crippen LogP contribution in [0.2, 0.25) is 0 Å². The highest BCUT2D eigenvalue weighted by molar-refractivity contribution is 5.84. The van der Waals surface area contributed by atoms with Crippen LogP contribution >= 0.6 is 0 Å². The molecule has 3 rings (SSSR count). The number of aryl methyl sites for hydroxylation is 1. The van der Waals surface area contributed by atoms with Crippen molar-refractivity contribution in [3.8, 4) is 11.5 Å². The third-order valence-corrected chi connectivity index (χ3v) is 6.34. The van der Waals surface area contributed by atoms with Crippen molar-refractivity contribution in [3.63, 3.8) is 0 Å². The summed E-state index contributed by atoms with van der Waals surface area (Å²) in [6, 6.07) is 9.73. The summed E-state index contributed by atoms with van der Waals surface area (Å²) in [4.78, 5) is 29.3. The third kappa shape index (κ3) is 6.76. The van der Waals surface area contributed by atoms with Crippen LogP contribution in [-0.4, -0.2) is 55.0 Å². The number of nitrogens with zero attached hydrogens (tertiary/aromatic N) is 2. The molecule has 0 unspecified atom stereocenters. The molecule has 0 spiro atoms. The van der Waals surface area contributed by atoms with Gasteiger partial charge in [0.25, 0.3) is 0 Å². The van der Waals surface area contributed by atoms with Gasteiger partial charge in [0.2, 0.25) is 11.8 Å². The van der Waals surface area contributed by atoms with Crippen molar-refractivity contribution in [1.29, 1.82) is 0 Å². The van der Waals surface area contributed by atoms with E-state index in [0.717, 1.165) is 42.8 Å². The molecule has 1 saturated carbocycles. The van der Waals surface area contributed by atoms with E-state index in [2.05, 4.69) is 0 Å². The number of furan rings is 1. The Hall–Kier alpha value is -2.96. The van der Waals surface area contributed by atoms with Gasteiger partial charge in [-0.25, -0.2) is 0 Å².